The Morgan fingerprint density at radius 1 is 1.55 bits per heavy atom. The predicted molar refractivity (Wildman–Crippen MR) is 91.6 cm³/mol. The topological polar surface area (TPSA) is 71.2 Å². The third-order valence-electron chi connectivity index (χ3n) is 2.84. The number of nitrogens with zero attached hydrogens (tertiary/aromatic N) is 2. The fourth-order valence-electron chi connectivity index (χ4n) is 1.91. The molecule has 9 heteroatoms. The average Bonchev–Trinajstić information content (AvgIpc) is 2.79. The van der Waals surface area contributed by atoms with Gasteiger partial charge in [0.25, 0.3) is 0 Å². The molecule has 5 nitrogen and oxygen atoms in total. The molecule has 1 aromatic rings. The number of allylic oxidation sites excluding steroid dienone is 1. The van der Waals surface area contributed by atoms with Gasteiger partial charge in [0.1, 0.15) is 5.82 Å². The van der Waals surface area contributed by atoms with Crippen LogP contribution in [0.3, 0.4) is 0 Å². The van der Waals surface area contributed by atoms with Gasteiger partial charge in [-0.3, -0.25) is 9.88 Å². The fourth-order valence-corrected chi connectivity index (χ4v) is 3.04. The van der Waals surface area contributed by atoms with E-state index >= 15 is 0 Å². The van der Waals surface area contributed by atoms with E-state index in [9.17, 15) is 9.18 Å². The molecule has 0 radical (unpaired) electrons. The van der Waals surface area contributed by atoms with Crippen LogP contribution in [0.4, 0.5) is 9.18 Å². The van der Waals surface area contributed by atoms with Crippen molar-refractivity contribution in [3.63, 3.8) is 0 Å². The number of pyridine rings is 1. The van der Waals surface area contributed by atoms with Crippen LogP contribution in [0.5, 0.6) is 0 Å². The number of urea groups is 1. The van der Waals surface area contributed by atoms with Gasteiger partial charge in [0.15, 0.2) is 0 Å². The third-order valence-corrected chi connectivity index (χ3v) is 4.06. The quantitative estimate of drug-likeness (QED) is 0.856. The molecular formula is C13H19Cl2FN4OS. The summed E-state index contributed by atoms with van der Waals surface area (Å²) in [5.74, 6) is -0.422. The van der Waals surface area contributed by atoms with Crippen molar-refractivity contribution in [1.29, 1.82) is 0 Å². The fraction of sp³-hybridized carbons (Fsp3) is 0.385. The molecule has 0 saturated heterocycles. The summed E-state index contributed by atoms with van der Waals surface area (Å²) in [6.45, 7) is 2.52. The molecule has 1 aliphatic heterocycles. The highest BCUT2D eigenvalue weighted by atomic mass is 35.5. The highest BCUT2D eigenvalue weighted by molar-refractivity contribution is 8.03. The van der Waals surface area contributed by atoms with Crippen LogP contribution >= 0.6 is 36.6 Å². The van der Waals surface area contributed by atoms with E-state index in [4.69, 9.17) is 5.73 Å². The minimum Gasteiger partial charge on any atom is -0.332 e. The molecule has 0 fully saturated rings. The van der Waals surface area contributed by atoms with Crippen molar-refractivity contribution < 1.29 is 9.18 Å². The van der Waals surface area contributed by atoms with Crippen molar-refractivity contribution >= 4 is 42.6 Å². The number of hydrogen-bond acceptors (Lipinski definition) is 4. The van der Waals surface area contributed by atoms with Gasteiger partial charge in [0.05, 0.1) is 17.6 Å². The van der Waals surface area contributed by atoms with Crippen LogP contribution in [-0.2, 0) is 6.54 Å². The van der Waals surface area contributed by atoms with E-state index in [-0.39, 0.29) is 48.5 Å². The molecule has 1 unspecified atom stereocenters. The van der Waals surface area contributed by atoms with Gasteiger partial charge in [-0.1, -0.05) is 0 Å². The Morgan fingerprint density at radius 2 is 2.27 bits per heavy atom. The van der Waals surface area contributed by atoms with Crippen molar-refractivity contribution in [2.24, 2.45) is 5.73 Å². The zero-order valence-electron chi connectivity index (χ0n) is 12.0. The number of rotatable bonds is 4. The molecule has 3 N–H and O–H groups in total. The highest BCUT2D eigenvalue weighted by Gasteiger charge is 2.27. The largest absolute Gasteiger partial charge is 0.332 e. The Bertz CT molecular complexity index is 533. The van der Waals surface area contributed by atoms with Crippen molar-refractivity contribution in [1.82, 2.24) is 15.2 Å². The summed E-state index contributed by atoms with van der Waals surface area (Å²) in [7, 11) is 0. The van der Waals surface area contributed by atoms with Crippen LogP contribution in [0.2, 0.25) is 0 Å². The summed E-state index contributed by atoms with van der Waals surface area (Å²) in [6.07, 6.45) is 4.00. The van der Waals surface area contributed by atoms with Crippen molar-refractivity contribution in [3.8, 4) is 0 Å². The van der Waals surface area contributed by atoms with E-state index in [0.717, 1.165) is 4.91 Å². The first-order valence-electron chi connectivity index (χ1n) is 6.32. The number of carbonyl (C=O) groups excluding carboxylic acids is 1. The molecule has 0 spiro atoms. The van der Waals surface area contributed by atoms with Crippen molar-refractivity contribution in [2.45, 2.75) is 25.3 Å². The number of halogens is 3. The van der Waals surface area contributed by atoms with Gasteiger partial charge in [-0.15, -0.1) is 36.6 Å². The maximum Gasteiger partial charge on any atom is 0.322 e. The summed E-state index contributed by atoms with van der Waals surface area (Å²) in [5, 5.41) is 2.68. The van der Waals surface area contributed by atoms with Crippen LogP contribution in [-0.4, -0.2) is 27.8 Å². The molecule has 22 heavy (non-hydrogen) atoms. The zero-order valence-corrected chi connectivity index (χ0v) is 14.4. The number of aromatic nitrogens is 1. The number of carbonyl (C=O) groups is 1. The van der Waals surface area contributed by atoms with Crippen LogP contribution < -0.4 is 11.1 Å². The lowest BCUT2D eigenvalue weighted by Gasteiger charge is -2.22. The predicted octanol–water partition coefficient (Wildman–Crippen LogP) is 2.86. The minimum atomic E-state index is -0.422. The second-order valence-electron chi connectivity index (χ2n) is 4.39. The van der Waals surface area contributed by atoms with E-state index in [1.54, 1.807) is 22.9 Å². The lowest BCUT2D eigenvalue weighted by Crippen LogP contribution is -2.40. The number of nitrogens with one attached hydrogen (secondary N) is 1. The van der Waals surface area contributed by atoms with E-state index in [0.29, 0.717) is 13.0 Å². The van der Waals surface area contributed by atoms with Crippen molar-refractivity contribution in [3.05, 3.63) is 40.9 Å². The molecule has 2 amide bonds. The maximum absolute atomic E-state index is 13.4. The Hall–Kier alpha value is -1.02. The first-order chi connectivity index (χ1) is 9.61. The molecule has 1 aromatic heterocycles. The lowest BCUT2D eigenvalue weighted by molar-refractivity contribution is 0.211. The van der Waals surface area contributed by atoms with Gasteiger partial charge in [-0.25, -0.2) is 9.18 Å². The highest BCUT2D eigenvalue weighted by Crippen LogP contribution is 2.33. The van der Waals surface area contributed by atoms with Crippen LogP contribution in [0.15, 0.2) is 29.4 Å². The zero-order chi connectivity index (χ0) is 14.5. The average molecular weight is 369 g/mol. The number of amides is 2. The molecule has 0 saturated carbocycles. The number of nitrogens with two attached hydrogens (primary N) is 1. The standard InChI is InChI=1S/C13H17FN4OS.2ClH/c1-9-8-18(12(20-9)4-5-15)13(19)17-7-11-10(14)3-2-6-16-11;;/h2-3,6,8,12H,4-5,7,15H2,1H3,(H,17,19);2*1H. The summed E-state index contributed by atoms with van der Waals surface area (Å²) >= 11 is 1.61. The monoisotopic (exact) mass is 368 g/mol. The normalized spacial score (nSPS) is 16.4. The van der Waals surface area contributed by atoms with E-state index in [1.165, 1.54) is 18.3 Å². The van der Waals surface area contributed by atoms with Crippen molar-refractivity contribution in [2.75, 3.05) is 6.54 Å². The summed E-state index contributed by atoms with van der Waals surface area (Å²) < 4.78 is 13.4. The molecule has 1 atom stereocenters. The number of hydrogen-bond donors (Lipinski definition) is 2. The molecule has 0 bridgehead atoms. The van der Waals surface area contributed by atoms with Crippen LogP contribution in [0.1, 0.15) is 19.0 Å². The van der Waals surface area contributed by atoms with Gasteiger partial charge < -0.3 is 11.1 Å². The maximum atomic E-state index is 13.4. The third kappa shape index (κ3) is 5.31. The smallest absolute Gasteiger partial charge is 0.322 e. The first kappa shape index (κ1) is 21.0. The summed E-state index contributed by atoms with van der Waals surface area (Å²) in [4.78, 5) is 18.7. The van der Waals surface area contributed by atoms with Gasteiger partial charge >= 0.3 is 6.03 Å². The Morgan fingerprint density at radius 3 is 2.91 bits per heavy atom. The summed E-state index contributed by atoms with van der Waals surface area (Å²) in [5.41, 5.74) is 5.77. The molecular weight excluding hydrogens is 350 g/mol. The molecule has 2 heterocycles. The Labute approximate surface area is 145 Å². The van der Waals surface area contributed by atoms with Gasteiger partial charge in [0.2, 0.25) is 0 Å². The number of thioether (sulfide) groups is 1. The van der Waals surface area contributed by atoms with E-state index in [2.05, 4.69) is 10.3 Å². The molecule has 124 valence electrons. The lowest BCUT2D eigenvalue weighted by atomic mass is 10.3. The summed E-state index contributed by atoms with van der Waals surface area (Å²) in [6, 6.07) is 2.57. The van der Waals surface area contributed by atoms with E-state index in [1.807, 2.05) is 6.92 Å². The van der Waals surface area contributed by atoms with Crippen LogP contribution in [0, 0.1) is 5.82 Å². The Kier molecular flexibility index (Phi) is 9.43. The van der Waals surface area contributed by atoms with Gasteiger partial charge in [0, 0.05) is 17.3 Å². The van der Waals surface area contributed by atoms with Gasteiger partial charge in [-0.05, 0) is 32.0 Å². The molecule has 0 aromatic carbocycles. The minimum absolute atomic E-state index is 0. The second kappa shape index (κ2) is 9.89. The SMILES string of the molecule is CC1=CN(C(=O)NCc2ncccc2F)C(CCN)S1.Cl.Cl. The Balaban J connectivity index is 0.00000220. The molecule has 1 aliphatic rings. The van der Waals surface area contributed by atoms with Crippen LogP contribution in [0.25, 0.3) is 0 Å². The molecule has 2 rings (SSSR count). The molecule has 0 aliphatic carbocycles. The van der Waals surface area contributed by atoms with E-state index < -0.39 is 5.82 Å². The first-order valence-corrected chi connectivity index (χ1v) is 7.20. The van der Waals surface area contributed by atoms with Gasteiger partial charge in [-0.2, -0.15) is 0 Å². The second-order valence-corrected chi connectivity index (χ2v) is 5.81.